The van der Waals surface area contributed by atoms with Gasteiger partial charge in [0.05, 0.1) is 6.10 Å². The molecule has 1 aliphatic carbocycles. The Morgan fingerprint density at radius 3 is 2.39 bits per heavy atom. The van der Waals surface area contributed by atoms with Crippen LogP contribution in [0.1, 0.15) is 62.8 Å². The number of aromatic nitrogens is 5. The molecule has 2 fully saturated rings. The molecule has 0 amide bonds. The third-order valence-corrected chi connectivity index (χ3v) is 8.05. The topological polar surface area (TPSA) is 100 Å². The standard InChI is InChI=1S/C24H33N7O2/c1-17-20(4-5-21(17)32)30-13-9-24(10-14-30)7-11-29(12-8-24)15-22(33)19-3-6-23(26-18(19)2)31-16-25-27-28-31/h3,6,16,22,33H,4-5,7-15H2,1-2H3/t22-/m1/s1. The number of Topliss-reactive ketones (excluding diaryl/α,β-unsaturated/α-hetero) is 1. The van der Waals surface area contributed by atoms with Gasteiger partial charge in [0, 0.05) is 48.6 Å². The number of aliphatic hydroxyl groups excluding tert-OH is 1. The van der Waals surface area contributed by atoms with E-state index in [2.05, 4.69) is 30.3 Å². The van der Waals surface area contributed by atoms with Crippen molar-refractivity contribution in [1.82, 2.24) is 35.0 Å². The minimum Gasteiger partial charge on any atom is -0.387 e. The number of hydrogen-bond donors (Lipinski definition) is 1. The SMILES string of the molecule is CC1=C(N2CCC3(CCN(C[C@@H](O)c4ccc(-n5cnnn5)nc4C)CC3)CC2)CCC1=O. The van der Waals surface area contributed by atoms with Gasteiger partial charge in [-0.25, -0.2) is 4.98 Å². The first kappa shape index (κ1) is 22.2. The van der Waals surface area contributed by atoms with Gasteiger partial charge >= 0.3 is 0 Å². The van der Waals surface area contributed by atoms with Crippen LogP contribution in [0.25, 0.3) is 5.82 Å². The molecule has 9 heteroatoms. The zero-order valence-electron chi connectivity index (χ0n) is 19.6. The van der Waals surface area contributed by atoms with Gasteiger partial charge in [0.1, 0.15) is 6.33 Å². The van der Waals surface area contributed by atoms with Crippen LogP contribution in [0.5, 0.6) is 0 Å². The van der Waals surface area contributed by atoms with E-state index in [9.17, 15) is 9.90 Å². The second kappa shape index (κ2) is 8.95. The summed E-state index contributed by atoms with van der Waals surface area (Å²) in [6, 6.07) is 3.77. The lowest BCUT2D eigenvalue weighted by Crippen LogP contribution is -2.47. The number of tetrazole rings is 1. The zero-order valence-corrected chi connectivity index (χ0v) is 19.6. The van der Waals surface area contributed by atoms with Gasteiger partial charge in [-0.05, 0) is 80.9 Å². The Morgan fingerprint density at radius 2 is 1.79 bits per heavy atom. The van der Waals surface area contributed by atoms with Crippen LogP contribution in [-0.4, -0.2) is 78.6 Å². The number of carbonyl (C=O) groups is 1. The van der Waals surface area contributed by atoms with Crippen molar-refractivity contribution in [3.05, 3.63) is 41.0 Å². The maximum atomic E-state index is 11.9. The van der Waals surface area contributed by atoms with E-state index < -0.39 is 6.10 Å². The Balaban J connectivity index is 1.14. The summed E-state index contributed by atoms with van der Waals surface area (Å²) in [5.74, 6) is 0.972. The van der Waals surface area contributed by atoms with E-state index in [1.165, 1.54) is 42.4 Å². The van der Waals surface area contributed by atoms with Crippen molar-refractivity contribution in [1.29, 1.82) is 0 Å². The van der Waals surface area contributed by atoms with Crippen molar-refractivity contribution in [3.63, 3.8) is 0 Å². The predicted octanol–water partition coefficient (Wildman–Crippen LogP) is 2.21. The second-order valence-electron chi connectivity index (χ2n) is 9.90. The molecule has 176 valence electrons. The Morgan fingerprint density at radius 1 is 1.06 bits per heavy atom. The summed E-state index contributed by atoms with van der Waals surface area (Å²) in [7, 11) is 0. The molecule has 5 rings (SSSR count). The van der Waals surface area contributed by atoms with E-state index in [-0.39, 0.29) is 0 Å². The van der Waals surface area contributed by atoms with Crippen LogP contribution >= 0.6 is 0 Å². The molecule has 3 aliphatic rings. The quantitative estimate of drug-likeness (QED) is 0.739. The predicted molar refractivity (Wildman–Crippen MR) is 123 cm³/mol. The average Bonchev–Trinajstić information content (AvgIpc) is 3.47. The van der Waals surface area contributed by atoms with Gasteiger partial charge in [0.2, 0.25) is 0 Å². The molecule has 0 unspecified atom stereocenters. The molecule has 1 spiro atoms. The summed E-state index contributed by atoms with van der Waals surface area (Å²) < 4.78 is 1.51. The lowest BCUT2D eigenvalue weighted by Gasteiger charge is -2.48. The molecular weight excluding hydrogens is 418 g/mol. The molecule has 2 aromatic heterocycles. The van der Waals surface area contributed by atoms with Crippen LogP contribution in [0.2, 0.25) is 0 Å². The fraction of sp³-hybridized carbons (Fsp3) is 0.625. The van der Waals surface area contributed by atoms with Crippen LogP contribution in [0.4, 0.5) is 0 Å². The van der Waals surface area contributed by atoms with Gasteiger partial charge in [-0.3, -0.25) is 4.79 Å². The smallest absolute Gasteiger partial charge is 0.160 e. The van der Waals surface area contributed by atoms with Gasteiger partial charge in [-0.1, -0.05) is 6.07 Å². The largest absolute Gasteiger partial charge is 0.387 e. The Kier molecular flexibility index (Phi) is 6.01. The highest BCUT2D eigenvalue weighted by Crippen LogP contribution is 2.43. The monoisotopic (exact) mass is 451 g/mol. The molecule has 2 saturated heterocycles. The first-order valence-corrected chi connectivity index (χ1v) is 12.0. The van der Waals surface area contributed by atoms with E-state index in [1.807, 2.05) is 26.0 Å². The number of piperidine rings is 2. The first-order valence-electron chi connectivity index (χ1n) is 12.0. The van der Waals surface area contributed by atoms with Crippen molar-refractivity contribution in [2.45, 2.75) is 58.5 Å². The van der Waals surface area contributed by atoms with E-state index in [0.717, 1.165) is 49.4 Å². The highest BCUT2D eigenvalue weighted by Gasteiger charge is 2.39. The number of allylic oxidation sites excluding steroid dienone is 2. The number of carbonyl (C=O) groups excluding carboxylic acids is 1. The molecule has 9 nitrogen and oxygen atoms in total. The summed E-state index contributed by atoms with van der Waals surface area (Å²) in [6.07, 6.45) is 7.33. The molecule has 1 atom stereocenters. The molecule has 2 aliphatic heterocycles. The van der Waals surface area contributed by atoms with Crippen LogP contribution in [-0.2, 0) is 4.79 Å². The third-order valence-electron chi connectivity index (χ3n) is 8.05. The van der Waals surface area contributed by atoms with Gasteiger partial charge in [-0.15, -0.1) is 5.10 Å². The number of likely N-dealkylation sites (tertiary alicyclic amines) is 2. The number of aryl methyl sites for hydroxylation is 1. The number of β-amino-alcohol motifs (C(OH)–C–C–N with tert-alkyl or cyclic N) is 1. The second-order valence-corrected chi connectivity index (χ2v) is 9.90. The summed E-state index contributed by atoms with van der Waals surface area (Å²) in [5.41, 5.74) is 4.36. The lowest BCUT2D eigenvalue weighted by atomic mass is 9.71. The van der Waals surface area contributed by atoms with Gasteiger partial charge in [0.15, 0.2) is 11.6 Å². The molecule has 4 heterocycles. The minimum atomic E-state index is -0.564. The number of hydrogen-bond acceptors (Lipinski definition) is 8. The normalized spacial score (nSPS) is 22.4. The van der Waals surface area contributed by atoms with Crippen LogP contribution in [0, 0.1) is 12.3 Å². The average molecular weight is 452 g/mol. The van der Waals surface area contributed by atoms with Crippen molar-refractivity contribution >= 4 is 5.78 Å². The fourth-order valence-corrected chi connectivity index (χ4v) is 5.77. The molecular formula is C24H33N7O2. The number of rotatable bonds is 5. The van der Waals surface area contributed by atoms with Gasteiger partial charge < -0.3 is 14.9 Å². The Labute approximate surface area is 194 Å². The van der Waals surface area contributed by atoms with Crippen LogP contribution < -0.4 is 0 Å². The Hall–Kier alpha value is -2.65. The highest BCUT2D eigenvalue weighted by molar-refractivity contribution is 5.97. The molecule has 1 N–H and O–H groups in total. The first-order chi connectivity index (χ1) is 15.9. The van der Waals surface area contributed by atoms with Crippen molar-refractivity contribution in [2.75, 3.05) is 32.7 Å². The van der Waals surface area contributed by atoms with Crippen molar-refractivity contribution in [2.24, 2.45) is 5.41 Å². The van der Waals surface area contributed by atoms with Crippen molar-refractivity contribution < 1.29 is 9.90 Å². The molecule has 2 aromatic rings. The molecule has 0 bridgehead atoms. The van der Waals surface area contributed by atoms with Gasteiger partial charge in [-0.2, -0.15) is 4.68 Å². The molecule has 0 radical (unpaired) electrons. The minimum absolute atomic E-state index is 0.327. The summed E-state index contributed by atoms with van der Waals surface area (Å²) in [4.78, 5) is 21.3. The molecule has 0 aromatic carbocycles. The fourth-order valence-electron chi connectivity index (χ4n) is 5.77. The van der Waals surface area contributed by atoms with E-state index in [4.69, 9.17) is 0 Å². The summed E-state index contributed by atoms with van der Waals surface area (Å²) >= 11 is 0. The zero-order chi connectivity index (χ0) is 23.0. The number of ketones is 1. The van der Waals surface area contributed by atoms with Crippen LogP contribution in [0.15, 0.2) is 29.7 Å². The van der Waals surface area contributed by atoms with Crippen molar-refractivity contribution in [3.8, 4) is 5.82 Å². The summed E-state index contributed by atoms with van der Waals surface area (Å²) in [6.45, 7) is 8.72. The number of nitrogens with zero attached hydrogens (tertiary/aromatic N) is 7. The Bertz CT molecular complexity index is 1030. The maximum Gasteiger partial charge on any atom is 0.160 e. The highest BCUT2D eigenvalue weighted by atomic mass is 16.3. The third kappa shape index (κ3) is 4.44. The van der Waals surface area contributed by atoms with Gasteiger partial charge in [0.25, 0.3) is 0 Å². The maximum absolute atomic E-state index is 11.9. The molecule has 0 saturated carbocycles. The number of aliphatic hydroxyl groups is 1. The lowest BCUT2D eigenvalue weighted by molar-refractivity contribution is -0.114. The molecule has 33 heavy (non-hydrogen) atoms. The van der Waals surface area contributed by atoms with E-state index in [1.54, 1.807) is 0 Å². The van der Waals surface area contributed by atoms with Crippen LogP contribution in [0.3, 0.4) is 0 Å². The van der Waals surface area contributed by atoms with E-state index >= 15 is 0 Å². The summed E-state index contributed by atoms with van der Waals surface area (Å²) in [5, 5.41) is 22.1. The number of pyridine rings is 1. The van der Waals surface area contributed by atoms with E-state index in [0.29, 0.717) is 30.0 Å².